The Morgan fingerprint density at radius 1 is 0.846 bits per heavy atom. The van der Waals surface area contributed by atoms with Crippen molar-refractivity contribution in [3.8, 4) is 11.3 Å². The second kappa shape index (κ2) is 6.84. The number of nitrogens with one attached hydrogen (secondary N) is 1. The number of hydrogen-bond acceptors (Lipinski definition) is 2. The first-order chi connectivity index (χ1) is 12.7. The molecule has 0 amide bonds. The van der Waals surface area contributed by atoms with E-state index in [1.807, 2.05) is 84.9 Å². The van der Waals surface area contributed by atoms with Crippen molar-refractivity contribution in [2.45, 2.75) is 5.92 Å². The molecule has 3 aromatic carbocycles. The maximum Gasteiger partial charge on any atom is 0.214 e. The number of aromatic amines is 1. The largest absolute Gasteiger partial charge is 0.354 e. The fraction of sp³-hybridized carbons (Fsp3) is 0.0909. The van der Waals surface area contributed by atoms with E-state index >= 15 is 0 Å². The van der Waals surface area contributed by atoms with Crippen LogP contribution in [-0.4, -0.2) is 16.5 Å². The third kappa shape index (κ3) is 2.97. The Balaban J connectivity index is 1.99. The lowest BCUT2D eigenvalue weighted by Crippen LogP contribution is -2.14. The molecule has 0 unspecified atom stereocenters. The van der Waals surface area contributed by atoms with Gasteiger partial charge in [-0.2, -0.15) is 0 Å². The van der Waals surface area contributed by atoms with Crippen molar-refractivity contribution in [1.29, 1.82) is 0 Å². The molecule has 128 valence electrons. The zero-order valence-corrected chi connectivity index (χ0v) is 14.1. The van der Waals surface area contributed by atoms with E-state index in [1.165, 1.54) is 0 Å². The molecule has 0 spiro atoms. The van der Waals surface area contributed by atoms with Gasteiger partial charge in [0.05, 0.1) is 11.6 Å². The van der Waals surface area contributed by atoms with Gasteiger partial charge in [0.1, 0.15) is 0 Å². The Bertz CT molecular complexity index is 1040. The SMILES string of the molecule is O=[N+]([O-])C[C@H](c1ccccc1)c1c(-c2ccccc2)[nH]c2ccccc12. The van der Waals surface area contributed by atoms with Crippen molar-refractivity contribution in [1.82, 2.24) is 4.98 Å². The van der Waals surface area contributed by atoms with Gasteiger partial charge >= 0.3 is 0 Å². The zero-order chi connectivity index (χ0) is 17.9. The number of hydrogen-bond donors (Lipinski definition) is 1. The van der Waals surface area contributed by atoms with Gasteiger partial charge < -0.3 is 4.98 Å². The van der Waals surface area contributed by atoms with Crippen LogP contribution in [0.25, 0.3) is 22.2 Å². The van der Waals surface area contributed by atoms with E-state index in [0.29, 0.717) is 0 Å². The van der Waals surface area contributed by atoms with Crippen molar-refractivity contribution in [2.75, 3.05) is 6.54 Å². The van der Waals surface area contributed by atoms with E-state index in [-0.39, 0.29) is 17.4 Å². The molecule has 1 heterocycles. The molecular weight excluding hydrogens is 324 g/mol. The summed E-state index contributed by atoms with van der Waals surface area (Å²) in [5, 5.41) is 12.5. The quantitative estimate of drug-likeness (QED) is 0.398. The summed E-state index contributed by atoms with van der Waals surface area (Å²) in [6.07, 6.45) is 0. The molecule has 0 aliphatic carbocycles. The molecule has 1 atom stereocenters. The molecule has 4 heteroatoms. The van der Waals surface area contributed by atoms with Gasteiger partial charge in [-0.15, -0.1) is 0 Å². The van der Waals surface area contributed by atoms with Gasteiger partial charge in [0.25, 0.3) is 0 Å². The maximum absolute atomic E-state index is 11.5. The topological polar surface area (TPSA) is 58.9 Å². The molecule has 0 bridgehead atoms. The Morgan fingerprint density at radius 3 is 2.15 bits per heavy atom. The summed E-state index contributed by atoms with van der Waals surface area (Å²) >= 11 is 0. The number of aromatic nitrogens is 1. The van der Waals surface area contributed by atoms with Crippen LogP contribution in [0.5, 0.6) is 0 Å². The van der Waals surface area contributed by atoms with Crippen LogP contribution >= 0.6 is 0 Å². The zero-order valence-electron chi connectivity index (χ0n) is 14.1. The number of rotatable bonds is 5. The van der Waals surface area contributed by atoms with Crippen molar-refractivity contribution in [2.24, 2.45) is 0 Å². The molecule has 4 nitrogen and oxygen atoms in total. The van der Waals surface area contributed by atoms with Crippen LogP contribution in [0, 0.1) is 10.1 Å². The van der Waals surface area contributed by atoms with Crippen LogP contribution in [-0.2, 0) is 0 Å². The fourth-order valence-electron chi connectivity index (χ4n) is 3.56. The van der Waals surface area contributed by atoms with Gasteiger partial charge in [0.15, 0.2) is 0 Å². The maximum atomic E-state index is 11.5. The molecule has 1 N–H and O–H groups in total. The lowest BCUT2D eigenvalue weighted by Gasteiger charge is -2.16. The van der Waals surface area contributed by atoms with E-state index in [1.54, 1.807) is 0 Å². The molecular formula is C22H18N2O2. The number of benzene rings is 3. The van der Waals surface area contributed by atoms with Crippen LogP contribution in [0.4, 0.5) is 0 Å². The van der Waals surface area contributed by atoms with E-state index in [2.05, 4.69) is 4.98 Å². The van der Waals surface area contributed by atoms with Crippen molar-refractivity contribution < 1.29 is 4.92 Å². The number of H-pyrrole nitrogens is 1. The molecule has 26 heavy (non-hydrogen) atoms. The Kier molecular flexibility index (Phi) is 4.23. The number of nitrogens with zero attached hydrogens (tertiary/aromatic N) is 1. The lowest BCUT2D eigenvalue weighted by atomic mass is 9.87. The summed E-state index contributed by atoms with van der Waals surface area (Å²) in [6, 6.07) is 27.7. The summed E-state index contributed by atoms with van der Waals surface area (Å²) in [5.41, 5.74) is 4.90. The minimum absolute atomic E-state index is 0.147. The summed E-state index contributed by atoms with van der Waals surface area (Å²) in [6.45, 7) is -0.147. The molecule has 0 radical (unpaired) electrons. The van der Waals surface area contributed by atoms with Crippen LogP contribution < -0.4 is 0 Å². The molecule has 0 aliphatic heterocycles. The van der Waals surface area contributed by atoms with Gasteiger partial charge in [-0.1, -0.05) is 78.9 Å². The van der Waals surface area contributed by atoms with Gasteiger partial charge in [0, 0.05) is 15.8 Å². The second-order valence-corrected chi connectivity index (χ2v) is 6.30. The van der Waals surface area contributed by atoms with E-state index in [9.17, 15) is 10.1 Å². The monoisotopic (exact) mass is 342 g/mol. The highest BCUT2D eigenvalue weighted by atomic mass is 16.6. The minimum atomic E-state index is -0.322. The van der Waals surface area contributed by atoms with Gasteiger partial charge in [0.2, 0.25) is 6.54 Å². The first kappa shape index (κ1) is 16.1. The Morgan fingerprint density at radius 2 is 1.46 bits per heavy atom. The molecule has 1 aromatic heterocycles. The number of nitro groups is 1. The fourth-order valence-corrected chi connectivity index (χ4v) is 3.56. The highest BCUT2D eigenvalue weighted by Gasteiger charge is 2.27. The van der Waals surface area contributed by atoms with Gasteiger partial charge in [-0.3, -0.25) is 10.1 Å². The van der Waals surface area contributed by atoms with E-state index in [0.717, 1.165) is 33.3 Å². The van der Waals surface area contributed by atoms with Crippen LogP contribution in [0.1, 0.15) is 17.0 Å². The predicted octanol–water partition coefficient (Wildman–Crippen LogP) is 5.24. The highest BCUT2D eigenvalue weighted by Crippen LogP contribution is 2.38. The van der Waals surface area contributed by atoms with Crippen molar-refractivity contribution in [3.05, 3.63) is 106 Å². The first-order valence-corrected chi connectivity index (χ1v) is 8.57. The minimum Gasteiger partial charge on any atom is -0.354 e. The number of fused-ring (bicyclic) bond motifs is 1. The summed E-state index contributed by atoms with van der Waals surface area (Å²) in [4.78, 5) is 14.7. The average Bonchev–Trinajstić information content (AvgIpc) is 3.07. The van der Waals surface area contributed by atoms with Crippen LogP contribution in [0.15, 0.2) is 84.9 Å². The molecule has 0 aliphatic rings. The lowest BCUT2D eigenvalue weighted by molar-refractivity contribution is -0.481. The number of para-hydroxylation sites is 1. The van der Waals surface area contributed by atoms with E-state index < -0.39 is 0 Å². The highest BCUT2D eigenvalue weighted by molar-refractivity contribution is 5.92. The average molecular weight is 342 g/mol. The third-order valence-corrected chi connectivity index (χ3v) is 4.69. The molecule has 0 saturated heterocycles. The third-order valence-electron chi connectivity index (χ3n) is 4.69. The van der Waals surface area contributed by atoms with Crippen molar-refractivity contribution in [3.63, 3.8) is 0 Å². The smallest absolute Gasteiger partial charge is 0.214 e. The summed E-state index contributed by atoms with van der Waals surface area (Å²) in [7, 11) is 0. The summed E-state index contributed by atoms with van der Waals surface area (Å²) in [5.74, 6) is -0.322. The molecule has 0 fully saturated rings. The summed E-state index contributed by atoms with van der Waals surface area (Å²) < 4.78 is 0. The van der Waals surface area contributed by atoms with E-state index in [4.69, 9.17) is 0 Å². The Labute approximate surface area is 151 Å². The Hall–Kier alpha value is -3.40. The second-order valence-electron chi connectivity index (χ2n) is 6.30. The van der Waals surface area contributed by atoms with Crippen molar-refractivity contribution >= 4 is 10.9 Å². The predicted molar refractivity (Wildman–Crippen MR) is 104 cm³/mol. The van der Waals surface area contributed by atoms with Gasteiger partial charge in [-0.05, 0) is 22.8 Å². The normalized spacial score (nSPS) is 12.2. The molecule has 4 aromatic rings. The molecule has 4 rings (SSSR count). The van der Waals surface area contributed by atoms with Crippen LogP contribution in [0.3, 0.4) is 0 Å². The van der Waals surface area contributed by atoms with Gasteiger partial charge in [-0.25, -0.2) is 0 Å². The standard InChI is InChI=1S/C22H18N2O2/c25-24(26)15-19(16-9-3-1-4-10-16)21-18-13-7-8-14-20(18)23-22(21)17-11-5-2-6-12-17/h1-14,19,23H,15H2/t19-/m1/s1. The molecule has 0 saturated carbocycles. The first-order valence-electron chi connectivity index (χ1n) is 8.57. The van der Waals surface area contributed by atoms with Crippen LogP contribution in [0.2, 0.25) is 0 Å².